The number of amides is 1. The predicted molar refractivity (Wildman–Crippen MR) is 125 cm³/mol. The number of sulfone groups is 1. The Bertz CT molecular complexity index is 1180. The maximum absolute atomic E-state index is 12.4. The summed E-state index contributed by atoms with van der Waals surface area (Å²) < 4.78 is 26.1. The lowest BCUT2D eigenvalue weighted by molar-refractivity contribution is -0.119. The van der Waals surface area contributed by atoms with Crippen LogP contribution >= 0.6 is 27.7 Å². The normalized spacial score (nSPS) is 17.5. The lowest BCUT2D eigenvalue weighted by Gasteiger charge is -2.12. The van der Waals surface area contributed by atoms with E-state index in [0.29, 0.717) is 23.9 Å². The minimum absolute atomic E-state index is 0.0137. The van der Waals surface area contributed by atoms with Crippen molar-refractivity contribution < 1.29 is 13.2 Å². The topological polar surface area (TPSA) is 93.9 Å². The van der Waals surface area contributed by atoms with E-state index in [1.807, 2.05) is 59.2 Å². The highest BCUT2D eigenvalue weighted by atomic mass is 79.9. The molecular weight excluding hydrogens is 500 g/mol. The lowest BCUT2D eigenvalue weighted by atomic mass is 10.2. The van der Waals surface area contributed by atoms with Crippen LogP contribution in [0, 0.1) is 0 Å². The zero-order chi connectivity index (χ0) is 21.8. The van der Waals surface area contributed by atoms with Crippen molar-refractivity contribution in [2.45, 2.75) is 24.2 Å². The van der Waals surface area contributed by atoms with Gasteiger partial charge < -0.3 is 5.32 Å². The third kappa shape index (κ3) is 5.55. The summed E-state index contributed by atoms with van der Waals surface area (Å²) in [5.74, 6) is 0.787. The number of carbonyl (C=O) groups is 1. The highest BCUT2D eigenvalue weighted by Gasteiger charge is 2.29. The van der Waals surface area contributed by atoms with Crippen molar-refractivity contribution >= 4 is 43.4 Å². The van der Waals surface area contributed by atoms with E-state index in [4.69, 9.17) is 0 Å². The van der Waals surface area contributed by atoms with Crippen molar-refractivity contribution in [1.29, 1.82) is 0 Å². The molecule has 7 nitrogen and oxygen atoms in total. The van der Waals surface area contributed by atoms with Gasteiger partial charge in [-0.2, -0.15) is 0 Å². The van der Waals surface area contributed by atoms with Crippen LogP contribution in [-0.4, -0.2) is 52.4 Å². The molecule has 1 N–H and O–H groups in total. The molecule has 1 atom stereocenters. The number of nitrogens with zero attached hydrogens (tertiary/aromatic N) is 3. The van der Waals surface area contributed by atoms with E-state index >= 15 is 0 Å². The van der Waals surface area contributed by atoms with E-state index in [1.54, 1.807) is 0 Å². The Morgan fingerprint density at radius 1 is 1.13 bits per heavy atom. The second kappa shape index (κ2) is 9.54. The van der Waals surface area contributed by atoms with Crippen LogP contribution < -0.4 is 5.32 Å². The largest absolute Gasteiger partial charge is 0.352 e. The first-order chi connectivity index (χ1) is 14.9. The first-order valence-corrected chi connectivity index (χ1v) is 13.4. The number of halogens is 1. The number of nitrogens with one attached hydrogen (secondary N) is 1. The quantitative estimate of drug-likeness (QED) is 0.481. The van der Waals surface area contributed by atoms with Crippen LogP contribution in [0.1, 0.15) is 12.0 Å². The summed E-state index contributed by atoms with van der Waals surface area (Å²) in [6.07, 6.45) is 0.467. The molecule has 1 amide bonds. The van der Waals surface area contributed by atoms with Gasteiger partial charge in [-0.05, 0) is 18.1 Å². The van der Waals surface area contributed by atoms with Gasteiger partial charge in [-0.25, -0.2) is 8.42 Å². The molecule has 1 fully saturated rings. The number of aromatic nitrogens is 3. The fraction of sp³-hybridized carbons (Fsp3) is 0.286. The Morgan fingerprint density at radius 3 is 2.58 bits per heavy atom. The molecule has 1 aliphatic heterocycles. The molecule has 0 radical (unpaired) electrons. The smallest absolute Gasteiger partial charge is 0.230 e. The van der Waals surface area contributed by atoms with Gasteiger partial charge in [0.2, 0.25) is 5.91 Å². The minimum Gasteiger partial charge on any atom is -0.352 e. The number of rotatable bonds is 7. The molecule has 1 aromatic heterocycles. The first-order valence-electron chi connectivity index (χ1n) is 9.76. The van der Waals surface area contributed by atoms with Gasteiger partial charge in [0.15, 0.2) is 20.8 Å². The summed E-state index contributed by atoms with van der Waals surface area (Å²) in [6.45, 7) is 0.565. The van der Waals surface area contributed by atoms with Gasteiger partial charge in [0, 0.05) is 16.1 Å². The first kappa shape index (κ1) is 22.0. The van der Waals surface area contributed by atoms with Gasteiger partial charge in [0.05, 0.1) is 23.8 Å². The van der Waals surface area contributed by atoms with Crippen LogP contribution in [0.25, 0.3) is 11.4 Å². The summed E-state index contributed by atoms with van der Waals surface area (Å²) in [5, 5.41) is 12.2. The molecule has 2 aromatic carbocycles. The van der Waals surface area contributed by atoms with Crippen LogP contribution in [-0.2, 0) is 21.2 Å². The van der Waals surface area contributed by atoms with E-state index < -0.39 is 9.84 Å². The van der Waals surface area contributed by atoms with Crippen molar-refractivity contribution in [3.63, 3.8) is 0 Å². The molecule has 10 heteroatoms. The molecule has 4 rings (SSSR count). The molecule has 1 aliphatic rings. The predicted octanol–water partition coefficient (Wildman–Crippen LogP) is 3.15. The van der Waals surface area contributed by atoms with E-state index in [2.05, 4.69) is 31.4 Å². The fourth-order valence-electron chi connectivity index (χ4n) is 3.45. The molecule has 1 unspecified atom stereocenters. The maximum atomic E-state index is 12.4. The third-order valence-corrected chi connectivity index (χ3v) is 8.37. The number of benzene rings is 2. The molecule has 162 valence electrons. The van der Waals surface area contributed by atoms with Gasteiger partial charge in [0.25, 0.3) is 0 Å². The standard InChI is InChI=1S/C21H21BrN4O3S2/c22-18-9-5-4-8-17(18)20-24-25-21(26(20)12-15-6-2-1-3-7-15)30-13-19(27)23-16-10-11-31(28,29)14-16/h1-9,16H,10-14H2,(H,23,27). The Balaban J connectivity index is 1.53. The molecule has 0 aliphatic carbocycles. The van der Waals surface area contributed by atoms with Crippen LogP contribution in [0.15, 0.2) is 64.2 Å². The van der Waals surface area contributed by atoms with Crippen LogP contribution in [0.4, 0.5) is 0 Å². The Kier molecular flexibility index (Phi) is 6.78. The van der Waals surface area contributed by atoms with Crippen molar-refractivity contribution in [2.24, 2.45) is 0 Å². The Labute approximate surface area is 193 Å². The molecule has 0 bridgehead atoms. The minimum atomic E-state index is -3.03. The molecule has 0 saturated carbocycles. The molecule has 31 heavy (non-hydrogen) atoms. The van der Waals surface area contributed by atoms with Crippen LogP contribution in [0.5, 0.6) is 0 Å². The van der Waals surface area contributed by atoms with Crippen molar-refractivity contribution in [3.8, 4) is 11.4 Å². The summed E-state index contributed by atoms with van der Waals surface area (Å²) in [4.78, 5) is 12.4. The highest BCUT2D eigenvalue weighted by Crippen LogP contribution is 2.30. The highest BCUT2D eigenvalue weighted by molar-refractivity contribution is 9.10. The molecule has 3 aromatic rings. The Hall–Kier alpha value is -2.17. The number of hydrogen-bond acceptors (Lipinski definition) is 6. The number of hydrogen-bond donors (Lipinski definition) is 1. The van der Waals surface area contributed by atoms with Gasteiger partial charge in [-0.3, -0.25) is 9.36 Å². The van der Waals surface area contributed by atoms with Crippen molar-refractivity contribution in [1.82, 2.24) is 20.1 Å². The average Bonchev–Trinajstić information content (AvgIpc) is 3.30. The maximum Gasteiger partial charge on any atom is 0.230 e. The number of thioether (sulfide) groups is 1. The van der Waals surface area contributed by atoms with Crippen LogP contribution in [0.2, 0.25) is 0 Å². The fourth-order valence-corrected chi connectivity index (χ4v) is 6.34. The second-order valence-electron chi connectivity index (χ2n) is 7.31. The lowest BCUT2D eigenvalue weighted by Crippen LogP contribution is -2.36. The molecule has 1 saturated heterocycles. The summed E-state index contributed by atoms with van der Waals surface area (Å²) in [5.41, 5.74) is 2.01. The zero-order valence-corrected chi connectivity index (χ0v) is 19.8. The van der Waals surface area contributed by atoms with Crippen molar-refractivity contribution in [3.05, 3.63) is 64.6 Å². The molecule has 2 heterocycles. The SMILES string of the molecule is O=C(CSc1nnc(-c2ccccc2Br)n1Cc1ccccc1)NC1CCS(=O)(=O)C1. The van der Waals surface area contributed by atoms with Gasteiger partial charge >= 0.3 is 0 Å². The van der Waals surface area contributed by atoms with E-state index in [1.165, 1.54) is 11.8 Å². The summed E-state index contributed by atoms with van der Waals surface area (Å²) >= 11 is 4.87. The van der Waals surface area contributed by atoms with Gasteiger partial charge in [-0.1, -0.05) is 76.2 Å². The summed E-state index contributed by atoms with van der Waals surface area (Å²) in [7, 11) is -3.03. The molecule has 0 spiro atoms. The number of carbonyl (C=O) groups excluding carboxylic acids is 1. The van der Waals surface area contributed by atoms with E-state index in [9.17, 15) is 13.2 Å². The van der Waals surface area contributed by atoms with Crippen LogP contribution in [0.3, 0.4) is 0 Å². The monoisotopic (exact) mass is 520 g/mol. The van der Waals surface area contributed by atoms with Gasteiger partial charge in [0.1, 0.15) is 0 Å². The second-order valence-corrected chi connectivity index (χ2v) is 11.3. The molecular formula is C21H21BrN4O3S2. The Morgan fingerprint density at radius 2 is 1.87 bits per heavy atom. The van der Waals surface area contributed by atoms with E-state index in [-0.39, 0.29) is 29.2 Å². The summed E-state index contributed by atoms with van der Waals surface area (Å²) in [6, 6.07) is 17.5. The average molecular weight is 521 g/mol. The van der Waals surface area contributed by atoms with E-state index in [0.717, 1.165) is 15.6 Å². The third-order valence-electron chi connectivity index (χ3n) is 4.95. The zero-order valence-electron chi connectivity index (χ0n) is 16.6. The van der Waals surface area contributed by atoms with Crippen molar-refractivity contribution in [2.75, 3.05) is 17.3 Å². The van der Waals surface area contributed by atoms with Gasteiger partial charge in [-0.15, -0.1) is 10.2 Å².